The summed E-state index contributed by atoms with van der Waals surface area (Å²) in [6, 6.07) is 3.38. The predicted octanol–water partition coefficient (Wildman–Crippen LogP) is 5.22. The molecule has 0 bridgehead atoms. The molecule has 0 aliphatic rings. The van der Waals surface area contributed by atoms with Crippen LogP contribution in [-0.2, 0) is 6.54 Å². The minimum Gasteiger partial charge on any atom is -0.327 e. The summed E-state index contributed by atoms with van der Waals surface area (Å²) in [6.45, 7) is 9.01. The Bertz CT molecular complexity index is 602. The van der Waals surface area contributed by atoms with Crippen molar-refractivity contribution < 1.29 is 4.39 Å². The van der Waals surface area contributed by atoms with Gasteiger partial charge in [-0.05, 0) is 44.2 Å². The summed E-state index contributed by atoms with van der Waals surface area (Å²) < 4.78 is 15.8. The molecule has 2 rings (SSSR count). The average Bonchev–Trinajstić information content (AvgIpc) is 2.68. The molecule has 0 aliphatic carbocycles. The van der Waals surface area contributed by atoms with Crippen molar-refractivity contribution in [1.29, 1.82) is 0 Å². The molecule has 0 fully saturated rings. The van der Waals surface area contributed by atoms with Gasteiger partial charge in [0, 0.05) is 12.6 Å². The van der Waals surface area contributed by atoms with Gasteiger partial charge < -0.3 is 4.57 Å². The number of benzene rings is 1. The van der Waals surface area contributed by atoms with E-state index in [9.17, 15) is 4.39 Å². The summed E-state index contributed by atoms with van der Waals surface area (Å²) in [4.78, 5) is 4.50. The zero-order valence-electron chi connectivity index (χ0n) is 12.6. The largest absolute Gasteiger partial charge is 0.327 e. The van der Waals surface area contributed by atoms with Crippen LogP contribution in [0.25, 0.3) is 11.0 Å². The first-order valence-corrected chi connectivity index (χ1v) is 7.64. The molecule has 0 saturated carbocycles. The quantitative estimate of drug-likeness (QED) is 0.692. The molecule has 1 aromatic carbocycles. The van der Waals surface area contributed by atoms with Crippen LogP contribution in [0.2, 0.25) is 0 Å². The van der Waals surface area contributed by atoms with Crippen LogP contribution < -0.4 is 0 Å². The lowest BCUT2D eigenvalue weighted by Gasteiger charge is -2.11. The van der Waals surface area contributed by atoms with Gasteiger partial charge in [0.05, 0.1) is 16.4 Å². The monoisotopic (exact) mass is 296 g/mol. The molecule has 2 aromatic rings. The number of rotatable bonds is 5. The number of hydrogen-bond acceptors (Lipinski definition) is 1. The molecule has 1 heterocycles. The Morgan fingerprint density at radius 2 is 2.00 bits per heavy atom. The maximum absolute atomic E-state index is 13.7. The zero-order valence-corrected chi connectivity index (χ0v) is 13.3. The van der Waals surface area contributed by atoms with Crippen molar-refractivity contribution in [2.45, 2.75) is 52.5 Å². The lowest BCUT2D eigenvalue weighted by Crippen LogP contribution is -2.05. The standard InChI is InChI=1S/C16H22ClFN2/c1-10(2)6-5-7-20-15-8-11(3)13(18)9-14(15)19-16(20)12(4)17/h8-10,12H,5-7H2,1-4H3. The summed E-state index contributed by atoms with van der Waals surface area (Å²) in [5, 5.41) is -0.176. The summed E-state index contributed by atoms with van der Waals surface area (Å²) in [7, 11) is 0. The second kappa shape index (κ2) is 6.13. The first-order chi connectivity index (χ1) is 9.40. The minimum absolute atomic E-state index is 0.176. The van der Waals surface area contributed by atoms with Gasteiger partial charge in [0.25, 0.3) is 0 Å². The third kappa shape index (κ3) is 3.14. The van der Waals surface area contributed by atoms with Gasteiger partial charge in [-0.3, -0.25) is 0 Å². The number of aromatic nitrogens is 2. The van der Waals surface area contributed by atoms with E-state index in [1.165, 1.54) is 6.07 Å². The van der Waals surface area contributed by atoms with E-state index in [4.69, 9.17) is 11.6 Å². The third-order valence-electron chi connectivity index (χ3n) is 3.58. The first-order valence-electron chi connectivity index (χ1n) is 7.20. The van der Waals surface area contributed by atoms with E-state index in [-0.39, 0.29) is 11.2 Å². The van der Waals surface area contributed by atoms with Crippen molar-refractivity contribution in [3.05, 3.63) is 29.3 Å². The molecule has 0 radical (unpaired) electrons. The second-order valence-electron chi connectivity index (χ2n) is 5.86. The Kier molecular flexibility index (Phi) is 4.69. The fourth-order valence-electron chi connectivity index (χ4n) is 2.47. The van der Waals surface area contributed by atoms with E-state index in [1.807, 2.05) is 13.0 Å². The molecule has 1 unspecified atom stereocenters. The van der Waals surface area contributed by atoms with Crippen LogP contribution >= 0.6 is 11.6 Å². The van der Waals surface area contributed by atoms with E-state index >= 15 is 0 Å². The Balaban J connectivity index is 2.42. The highest BCUT2D eigenvalue weighted by Gasteiger charge is 2.16. The van der Waals surface area contributed by atoms with Crippen molar-refractivity contribution >= 4 is 22.6 Å². The zero-order chi connectivity index (χ0) is 14.9. The minimum atomic E-state index is -0.210. The number of hydrogen-bond donors (Lipinski definition) is 0. The number of imidazole rings is 1. The van der Waals surface area contributed by atoms with Crippen molar-refractivity contribution in [2.24, 2.45) is 5.92 Å². The molecule has 0 amide bonds. The fourth-order valence-corrected chi connectivity index (χ4v) is 2.63. The topological polar surface area (TPSA) is 17.8 Å². The van der Waals surface area contributed by atoms with Crippen LogP contribution in [-0.4, -0.2) is 9.55 Å². The van der Waals surface area contributed by atoms with E-state index in [0.29, 0.717) is 17.0 Å². The number of nitrogens with zero attached hydrogens (tertiary/aromatic N) is 2. The summed E-state index contributed by atoms with van der Waals surface area (Å²) in [5.41, 5.74) is 2.33. The Hall–Kier alpha value is -1.09. The van der Waals surface area contributed by atoms with Crippen molar-refractivity contribution in [3.8, 4) is 0 Å². The van der Waals surface area contributed by atoms with E-state index < -0.39 is 0 Å². The average molecular weight is 297 g/mol. The maximum atomic E-state index is 13.7. The van der Waals surface area contributed by atoms with Gasteiger partial charge in [-0.15, -0.1) is 11.6 Å². The normalized spacial score (nSPS) is 13.3. The SMILES string of the molecule is Cc1cc2c(cc1F)nc(C(C)Cl)n2CCCC(C)C. The molecule has 2 nitrogen and oxygen atoms in total. The molecule has 0 N–H and O–H groups in total. The molecular formula is C16H22ClFN2. The molecule has 4 heteroatoms. The molecule has 110 valence electrons. The highest BCUT2D eigenvalue weighted by Crippen LogP contribution is 2.27. The summed E-state index contributed by atoms with van der Waals surface area (Å²) in [5.74, 6) is 1.30. The van der Waals surface area contributed by atoms with E-state index in [1.54, 1.807) is 6.92 Å². The van der Waals surface area contributed by atoms with Crippen LogP contribution in [0, 0.1) is 18.7 Å². The number of aryl methyl sites for hydroxylation is 2. The Morgan fingerprint density at radius 3 is 2.60 bits per heavy atom. The van der Waals surface area contributed by atoms with Gasteiger partial charge in [-0.1, -0.05) is 13.8 Å². The second-order valence-corrected chi connectivity index (χ2v) is 6.52. The van der Waals surface area contributed by atoms with Crippen molar-refractivity contribution in [1.82, 2.24) is 9.55 Å². The molecule has 0 spiro atoms. The third-order valence-corrected chi connectivity index (χ3v) is 3.77. The Morgan fingerprint density at radius 1 is 1.30 bits per heavy atom. The smallest absolute Gasteiger partial charge is 0.128 e. The molecule has 1 atom stereocenters. The number of fused-ring (bicyclic) bond motifs is 1. The summed E-state index contributed by atoms with van der Waals surface area (Å²) in [6.07, 6.45) is 2.24. The van der Waals surface area contributed by atoms with Gasteiger partial charge in [-0.25, -0.2) is 9.37 Å². The van der Waals surface area contributed by atoms with Crippen molar-refractivity contribution in [3.63, 3.8) is 0 Å². The maximum Gasteiger partial charge on any atom is 0.128 e. The van der Waals surface area contributed by atoms with Gasteiger partial charge in [0.2, 0.25) is 0 Å². The molecule has 1 aromatic heterocycles. The van der Waals surface area contributed by atoms with Crippen LogP contribution in [0.1, 0.15) is 50.4 Å². The predicted molar refractivity (Wildman–Crippen MR) is 82.8 cm³/mol. The fraction of sp³-hybridized carbons (Fsp3) is 0.562. The highest BCUT2D eigenvalue weighted by atomic mass is 35.5. The first kappa shape index (κ1) is 15.3. The highest BCUT2D eigenvalue weighted by molar-refractivity contribution is 6.20. The van der Waals surface area contributed by atoms with Crippen LogP contribution in [0.5, 0.6) is 0 Å². The van der Waals surface area contributed by atoms with Crippen LogP contribution in [0.4, 0.5) is 4.39 Å². The number of halogens is 2. The summed E-state index contributed by atoms with van der Waals surface area (Å²) >= 11 is 6.22. The number of alkyl halides is 1. The lowest BCUT2D eigenvalue weighted by atomic mass is 10.1. The molecule has 0 aliphatic heterocycles. The van der Waals surface area contributed by atoms with Crippen LogP contribution in [0.3, 0.4) is 0 Å². The van der Waals surface area contributed by atoms with E-state index in [0.717, 1.165) is 30.7 Å². The van der Waals surface area contributed by atoms with Gasteiger partial charge >= 0.3 is 0 Å². The molecule has 20 heavy (non-hydrogen) atoms. The molecular weight excluding hydrogens is 275 g/mol. The Labute approximate surface area is 125 Å². The van der Waals surface area contributed by atoms with Crippen LogP contribution in [0.15, 0.2) is 12.1 Å². The molecule has 0 saturated heterocycles. The van der Waals surface area contributed by atoms with Gasteiger partial charge in [0.15, 0.2) is 0 Å². The van der Waals surface area contributed by atoms with Gasteiger partial charge in [0.1, 0.15) is 11.6 Å². The van der Waals surface area contributed by atoms with Crippen molar-refractivity contribution in [2.75, 3.05) is 0 Å². The lowest BCUT2D eigenvalue weighted by molar-refractivity contribution is 0.509. The van der Waals surface area contributed by atoms with Gasteiger partial charge in [-0.2, -0.15) is 0 Å². The van der Waals surface area contributed by atoms with E-state index in [2.05, 4.69) is 23.4 Å².